The maximum absolute atomic E-state index is 11.3. The van der Waals surface area contributed by atoms with Crippen LogP contribution in [0.4, 0.5) is 4.79 Å². The van der Waals surface area contributed by atoms with Crippen molar-refractivity contribution in [3.05, 3.63) is 0 Å². The summed E-state index contributed by atoms with van der Waals surface area (Å²) in [6.07, 6.45) is 5.87. The third kappa shape index (κ3) is 9.04. The first-order valence-corrected chi connectivity index (χ1v) is 6.87. The number of hydrogen-bond donors (Lipinski definition) is 3. The maximum atomic E-state index is 11.3. The number of unbranched alkanes of at least 4 members (excludes halogenated alkanes) is 1. The van der Waals surface area contributed by atoms with E-state index >= 15 is 0 Å². The fraction of sp³-hybridized carbons (Fsp3) is 0.769. The van der Waals surface area contributed by atoms with Crippen molar-refractivity contribution < 1.29 is 19.5 Å². The van der Waals surface area contributed by atoms with Crippen molar-refractivity contribution in [2.75, 3.05) is 6.54 Å². The topological polar surface area (TPSA) is 95.5 Å². The van der Waals surface area contributed by atoms with Crippen LogP contribution in [0, 0.1) is 5.92 Å². The van der Waals surface area contributed by atoms with E-state index in [4.69, 9.17) is 5.11 Å². The molecule has 1 rings (SSSR count). The molecular weight excluding hydrogens is 248 g/mol. The third-order valence-electron chi connectivity index (χ3n) is 3.07. The summed E-state index contributed by atoms with van der Waals surface area (Å²) in [5.41, 5.74) is 0. The molecule has 0 spiro atoms. The van der Waals surface area contributed by atoms with Gasteiger partial charge in [0, 0.05) is 19.4 Å². The first kappa shape index (κ1) is 15.5. The molecule has 0 heterocycles. The Hall–Kier alpha value is -1.59. The lowest BCUT2D eigenvalue weighted by Gasteiger charge is -2.06. The van der Waals surface area contributed by atoms with Crippen LogP contribution < -0.4 is 10.6 Å². The van der Waals surface area contributed by atoms with Crippen LogP contribution in [0.2, 0.25) is 0 Å². The van der Waals surface area contributed by atoms with Crippen molar-refractivity contribution in [3.8, 4) is 0 Å². The van der Waals surface area contributed by atoms with E-state index in [0.29, 0.717) is 19.4 Å². The second-order valence-corrected chi connectivity index (χ2v) is 4.99. The van der Waals surface area contributed by atoms with Crippen LogP contribution in [0.25, 0.3) is 0 Å². The van der Waals surface area contributed by atoms with Gasteiger partial charge in [0.25, 0.3) is 0 Å². The van der Waals surface area contributed by atoms with Gasteiger partial charge in [-0.3, -0.25) is 14.9 Å². The summed E-state index contributed by atoms with van der Waals surface area (Å²) >= 11 is 0. The molecule has 1 aliphatic carbocycles. The van der Waals surface area contributed by atoms with Crippen LogP contribution >= 0.6 is 0 Å². The molecule has 0 radical (unpaired) electrons. The molecule has 108 valence electrons. The normalized spacial score (nSPS) is 13.9. The molecule has 0 unspecified atom stereocenters. The van der Waals surface area contributed by atoms with Gasteiger partial charge < -0.3 is 10.4 Å². The van der Waals surface area contributed by atoms with Crippen LogP contribution in [-0.4, -0.2) is 29.6 Å². The number of aliphatic carboxylic acids is 1. The number of rotatable bonds is 9. The van der Waals surface area contributed by atoms with Gasteiger partial charge >= 0.3 is 12.0 Å². The second kappa shape index (κ2) is 8.50. The van der Waals surface area contributed by atoms with Gasteiger partial charge in [-0.2, -0.15) is 0 Å². The quantitative estimate of drug-likeness (QED) is 0.555. The summed E-state index contributed by atoms with van der Waals surface area (Å²) in [6, 6.07) is -0.459. The highest BCUT2D eigenvalue weighted by molar-refractivity contribution is 5.94. The Morgan fingerprint density at radius 2 is 1.74 bits per heavy atom. The predicted molar refractivity (Wildman–Crippen MR) is 69.6 cm³/mol. The summed E-state index contributed by atoms with van der Waals surface area (Å²) in [5.74, 6) is -0.375. The molecule has 0 aromatic carbocycles. The van der Waals surface area contributed by atoms with E-state index in [0.717, 1.165) is 18.8 Å². The number of carbonyl (C=O) groups is 3. The van der Waals surface area contributed by atoms with Crippen LogP contribution in [0.1, 0.15) is 51.4 Å². The van der Waals surface area contributed by atoms with E-state index in [1.165, 1.54) is 12.8 Å². The SMILES string of the molecule is O=C(O)CCCCC(=O)NC(=O)NCCCC1CC1. The molecule has 6 nitrogen and oxygen atoms in total. The lowest BCUT2D eigenvalue weighted by Crippen LogP contribution is -2.39. The van der Waals surface area contributed by atoms with Crippen molar-refractivity contribution in [3.63, 3.8) is 0 Å². The van der Waals surface area contributed by atoms with Crippen LogP contribution in [0.15, 0.2) is 0 Å². The van der Waals surface area contributed by atoms with E-state index in [1.807, 2.05) is 0 Å². The standard InChI is InChI=1S/C13H22N2O4/c16-11(5-1-2-6-12(17)18)15-13(19)14-9-3-4-10-7-8-10/h10H,1-9H2,(H,17,18)(H2,14,15,16,19). The molecule has 0 bridgehead atoms. The number of carboxylic acids is 1. The average Bonchev–Trinajstić information content (AvgIpc) is 3.14. The Bertz CT molecular complexity index is 327. The van der Waals surface area contributed by atoms with Crippen LogP contribution in [0.3, 0.4) is 0 Å². The monoisotopic (exact) mass is 270 g/mol. The lowest BCUT2D eigenvalue weighted by molar-refractivity contribution is -0.137. The van der Waals surface area contributed by atoms with Crippen molar-refractivity contribution in [2.45, 2.75) is 51.4 Å². The number of carboxylic acid groups (broad SMARTS) is 1. The minimum atomic E-state index is -0.867. The molecule has 0 aromatic heterocycles. The largest absolute Gasteiger partial charge is 0.481 e. The highest BCUT2D eigenvalue weighted by atomic mass is 16.4. The fourth-order valence-electron chi connectivity index (χ4n) is 1.79. The Labute approximate surface area is 112 Å². The molecule has 1 aliphatic rings. The van der Waals surface area contributed by atoms with Gasteiger partial charge in [0.1, 0.15) is 0 Å². The van der Waals surface area contributed by atoms with Crippen molar-refractivity contribution in [1.82, 2.24) is 10.6 Å². The lowest BCUT2D eigenvalue weighted by atomic mass is 10.2. The van der Waals surface area contributed by atoms with E-state index in [2.05, 4.69) is 10.6 Å². The predicted octanol–water partition coefficient (Wildman–Crippen LogP) is 1.65. The van der Waals surface area contributed by atoms with Crippen molar-refractivity contribution >= 4 is 17.9 Å². The summed E-state index contributed by atoms with van der Waals surface area (Å²) in [7, 11) is 0. The number of urea groups is 1. The molecule has 3 amide bonds. The molecule has 19 heavy (non-hydrogen) atoms. The molecule has 0 saturated heterocycles. The third-order valence-corrected chi connectivity index (χ3v) is 3.07. The molecular formula is C13H22N2O4. The number of amides is 3. The zero-order valence-electron chi connectivity index (χ0n) is 11.1. The van der Waals surface area contributed by atoms with E-state index in [1.54, 1.807) is 0 Å². The molecule has 3 N–H and O–H groups in total. The Morgan fingerprint density at radius 3 is 2.37 bits per heavy atom. The fourth-order valence-corrected chi connectivity index (χ4v) is 1.79. The van der Waals surface area contributed by atoms with E-state index in [9.17, 15) is 14.4 Å². The van der Waals surface area contributed by atoms with Crippen molar-refractivity contribution in [2.24, 2.45) is 5.92 Å². The molecule has 0 aromatic rings. The summed E-state index contributed by atoms with van der Waals surface area (Å²) in [4.78, 5) is 32.9. The van der Waals surface area contributed by atoms with Crippen molar-refractivity contribution in [1.29, 1.82) is 0 Å². The summed E-state index contributed by atoms with van der Waals surface area (Å²) in [5, 5.41) is 13.3. The van der Waals surface area contributed by atoms with Crippen LogP contribution in [0.5, 0.6) is 0 Å². The van der Waals surface area contributed by atoms with Gasteiger partial charge in [-0.05, 0) is 31.6 Å². The number of imide groups is 1. The van der Waals surface area contributed by atoms with Crippen LogP contribution in [-0.2, 0) is 9.59 Å². The average molecular weight is 270 g/mol. The molecule has 0 aliphatic heterocycles. The van der Waals surface area contributed by atoms with Gasteiger partial charge in [0.05, 0.1) is 0 Å². The van der Waals surface area contributed by atoms with Gasteiger partial charge in [-0.15, -0.1) is 0 Å². The Morgan fingerprint density at radius 1 is 1.05 bits per heavy atom. The minimum Gasteiger partial charge on any atom is -0.481 e. The van der Waals surface area contributed by atoms with E-state index < -0.39 is 12.0 Å². The minimum absolute atomic E-state index is 0.0562. The first-order chi connectivity index (χ1) is 9.08. The maximum Gasteiger partial charge on any atom is 0.321 e. The summed E-state index contributed by atoms with van der Waals surface area (Å²) in [6.45, 7) is 0.592. The van der Waals surface area contributed by atoms with Gasteiger partial charge in [0.15, 0.2) is 0 Å². The molecule has 6 heteroatoms. The smallest absolute Gasteiger partial charge is 0.321 e. The Balaban J connectivity index is 1.93. The van der Waals surface area contributed by atoms with Gasteiger partial charge in [-0.1, -0.05) is 12.8 Å². The summed E-state index contributed by atoms with van der Waals surface area (Å²) < 4.78 is 0. The zero-order chi connectivity index (χ0) is 14.1. The molecule has 1 fully saturated rings. The highest BCUT2D eigenvalue weighted by Gasteiger charge is 2.20. The Kier molecular flexibility index (Phi) is 6.92. The van der Waals surface area contributed by atoms with E-state index in [-0.39, 0.29) is 18.7 Å². The number of hydrogen-bond acceptors (Lipinski definition) is 3. The number of carbonyl (C=O) groups excluding carboxylic acids is 2. The van der Waals surface area contributed by atoms with Gasteiger partial charge in [0.2, 0.25) is 5.91 Å². The molecule has 1 saturated carbocycles. The zero-order valence-corrected chi connectivity index (χ0v) is 11.1. The second-order valence-electron chi connectivity index (χ2n) is 4.99. The number of nitrogens with one attached hydrogen (secondary N) is 2. The first-order valence-electron chi connectivity index (χ1n) is 6.87. The molecule has 0 atom stereocenters. The highest BCUT2D eigenvalue weighted by Crippen LogP contribution is 2.33. The van der Waals surface area contributed by atoms with Gasteiger partial charge in [-0.25, -0.2) is 4.79 Å².